The fraction of sp³-hybridized carbons (Fsp3) is 0.625. The van der Waals surface area contributed by atoms with E-state index in [0.29, 0.717) is 12.6 Å². The minimum absolute atomic E-state index is 0.0554. The molecule has 2 aromatic rings. The molecule has 23 heavy (non-hydrogen) atoms. The van der Waals surface area contributed by atoms with Crippen LogP contribution in [-0.4, -0.2) is 45.9 Å². The maximum absolute atomic E-state index is 5.93. The number of nitrogens with one attached hydrogen (secondary N) is 1. The van der Waals surface area contributed by atoms with E-state index in [1.807, 2.05) is 28.8 Å². The molecule has 2 atom stereocenters. The molecule has 0 saturated carbocycles. The summed E-state index contributed by atoms with van der Waals surface area (Å²) in [6.45, 7) is 5.08. The SMILES string of the molecule is COCCn1cc([C@H]2OCC[C@@H]2NCc2c(C)cnn2C)cn1. The molecule has 0 bridgehead atoms. The smallest absolute Gasteiger partial charge is 0.101 e. The van der Waals surface area contributed by atoms with Gasteiger partial charge in [-0.3, -0.25) is 9.36 Å². The first-order valence-corrected chi connectivity index (χ1v) is 8.03. The molecule has 1 fully saturated rings. The minimum Gasteiger partial charge on any atom is -0.383 e. The van der Waals surface area contributed by atoms with E-state index in [1.54, 1.807) is 7.11 Å². The molecule has 2 aromatic heterocycles. The van der Waals surface area contributed by atoms with E-state index in [4.69, 9.17) is 9.47 Å². The van der Waals surface area contributed by atoms with Crippen molar-refractivity contribution < 1.29 is 9.47 Å². The number of nitrogens with zero attached hydrogens (tertiary/aromatic N) is 4. The van der Waals surface area contributed by atoms with Crippen molar-refractivity contribution in [2.75, 3.05) is 20.3 Å². The Morgan fingerprint density at radius 2 is 2.26 bits per heavy atom. The van der Waals surface area contributed by atoms with Crippen LogP contribution in [0.1, 0.15) is 29.3 Å². The summed E-state index contributed by atoms with van der Waals surface area (Å²) in [7, 11) is 3.68. The van der Waals surface area contributed by atoms with Gasteiger partial charge in [0.1, 0.15) is 6.10 Å². The summed E-state index contributed by atoms with van der Waals surface area (Å²) in [6, 6.07) is 0.296. The maximum Gasteiger partial charge on any atom is 0.101 e. The van der Waals surface area contributed by atoms with E-state index in [1.165, 1.54) is 11.3 Å². The summed E-state index contributed by atoms with van der Waals surface area (Å²) in [5.41, 5.74) is 3.55. The van der Waals surface area contributed by atoms with Gasteiger partial charge in [0.15, 0.2) is 0 Å². The van der Waals surface area contributed by atoms with Crippen LogP contribution in [0.25, 0.3) is 0 Å². The molecule has 7 nitrogen and oxygen atoms in total. The highest BCUT2D eigenvalue weighted by molar-refractivity contribution is 5.16. The zero-order valence-electron chi connectivity index (χ0n) is 14.0. The van der Waals surface area contributed by atoms with Crippen molar-refractivity contribution in [3.8, 4) is 0 Å². The van der Waals surface area contributed by atoms with E-state index < -0.39 is 0 Å². The second kappa shape index (κ2) is 7.25. The topological polar surface area (TPSA) is 66.1 Å². The summed E-state index contributed by atoms with van der Waals surface area (Å²) in [5, 5.41) is 12.3. The lowest BCUT2D eigenvalue weighted by molar-refractivity contribution is 0.0982. The van der Waals surface area contributed by atoms with E-state index >= 15 is 0 Å². The third-order valence-electron chi connectivity index (χ3n) is 4.40. The number of rotatable bonds is 7. The van der Waals surface area contributed by atoms with Crippen LogP contribution in [0.15, 0.2) is 18.6 Å². The zero-order chi connectivity index (χ0) is 16.2. The molecule has 3 rings (SSSR count). The van der Waals surface area contributed by atoms with Crippen LogP contribution in [0.4, 0.5) is 0 Å². The second-order valence-electron chi connectivity index (χ2n) is 5.99. The van der Waals surface area contributed by atoms with E-state index in [0.717, 1.165) is 31.7 Å². The van der Waals surface area contributed by atoms with Crippen LogP contribution in [0.2, 0.25) is 0 Å². The average molecular weight is 319 g/mol. The summed E-state index contributed by atoms with van der Waals surface area (Å²) in [5.74, 6) is 0. The molecule has 7 heteroatoms. The second-order valence-corrected chi connectivity index (χ2v) is 5.99. The molecule has 0 aromatic carbocycles. The predicted molar refractivity (Wildman–Crippen MR) is 86.0 cm³/mol. The van der Waals surface area contributed by atoms with Crippen molar-refractivity contribution in [1.82, 2.24) is 24.9 Å². The highest BCUT2D eigenvalue weighted by atomic mass is 16.5. The number of hydrogen-bond acceptors (Lipinski definition) is 5. The number of aryl methyl sites for hydroxylation is 2. The Morgan fingerprint density at radius 3 is 3.00 bits per heavy atom. The first-order chi connectivity index (χ1) is 11.2. The van der Waals surface area contributed by atoms with Crippen LogP contribution in [0.5, 0.6) is 0 Å². The molecule has 1 N–H and O–H groups in total. The van der Waals surface area contributed by atoms with Gasteiger partial charge in [0.05, 0.1) is 31.2 Å². The van der Waals surface area contributed by atoms with Gasteiger partial charge in [-0.2, -0.15) is 10.2 Å². The summed E-state index contributed by atoms with van der Waals surface area (Å²) in [4.78, 5) is 0. The van der Waals surface area contributed by atoms with Crippen LogP contribution in [0.3, 0.4) is 0 Å². The van der Waals surface area contributed by atoms with Gasteiger partial charge in [0, 0.05) is 45.1 Å². The third kappa shape index (κ3) is 3.63. The number of ether oxygens (including phenoxy) is 2. The van der Waals surface area contributed by atoms with E-state index in [-0.39, 0.29) is 6.10 Å². The van der Waals surface area contributed by atoms with Gasteiger partial charge in [-0.15, -0.1) is 0 Å². The van der Waals surface area contributed by atoms with E-state index in [9.17, 15) is 0 Å². The highest BCUT2D eigenvalue weighted by Gasteiger charge is 2.30. The molecular formula is C16H25N5O2. The van der Waals surface area contributed by atoms with Crippen LogP contribution >= 0.6 is 0 Å². The Bertz CT molecular complexity index is 617. The highest BCUT2D eigenvalue weighted by Crippen LogP contribution is 2.29. The van der Waals surface area contributed by atoms with Gasteiger partial charge < -0.3 is 14.8 Å². The summed E-state index contributed by atoms with van der Waals surface area (Å²) in [6.07, 6.45) is 6.92. The molecule has 1 aliphatic heterocycles. The molecule has 1 aliphatic rings. The minimum atomic E-state index is 0.0554. The van der Waals surface area contributed by atoms with Gasteiger partial charge >= 0.3 is 0 Å². The van der Waals surface area contributed by atoms with Gasteiger partial charge in [0.25, 0.3) is 0 Å². The van der Waals surface area contributed by atoms with Crippen LogP contribution in [-0.2, 0) is 29.6 Å². The molecular weight excluding hydrogens is 294 g/mol. The Kier molecular flexibility index (Phi) is 5.09. The molecule has 0 radical (unpaired) electrons. The lowest BCUT2D eigenvalue weighted by Gasteiger charge is -2.19. The molecule has 0 aliphatic carbocycles. The van der Waals surface area contributed by atoms with Gasteiger partial charge in [-0.25, -0.2) is 0 Å². The number of methoxy groups -OCH3 is 1. The van der Waals surface area contributed by atoms with Gasteiger partial charge in [0.2, 0.25) is 0 Å². The van der Waals surface area contributed by atoms with Crippen molar-refractivity contribution in [3.63, 3.8) is 0 Å². The predicted octanol–water partition coefficient (Wildman–Crippen LogP) is 1.19. The van der Waals surface area contributed by atoms with Gasteiger partial charge in [-0.05, 0) is 18.9 Å². The first kappa shape index (κ1) is 16.2. The quantitative estimate of drug-likeness (QED) is 0.830. The van der Waals surface area contributed by atoms with Crippen molar-refractivity contribution >= 4 is 0 Å². The summed E-state index contributed by atoms with van der Waals surface area (Å²) >= 11 is 0. The molecule has 0 spiro atoms. The van der Waals surface area contributed by atoms with E-state index in [2.05, 4.69) is 28.6 Å². The fourth-order valence-electron chi connectivity index (χ4n) is 3.01. The molecule has 126 valence electrons. The first-order valence-electron chi connectivity index (χ1n) is 8.03. The molecule has 3 heterocycles. The lowest BCUT2D eigenvalue weighted by Crippen LogP contribution is -2.32. The molecule has 0 amide bonds. The number of hydrogen-bond donors (Lipinski definition) is 1. The van der Waals surface area contributed by atoms with Crippen molar-refractivity contribution in [2.24, 2.45) is 7.05 Å². The van der Waals surface area contributed by atoms with Crippen molar-refractivity contribution in [3.05, 3.63) is 35.4 Å². The van der Waals surface area contributed by atoms with Crippen LogP contribution in [0, 0.1) is 6.92 Å². The molecule has 0 unspecified atom stereocenters. The zero-order valence-corrected chi connectivity index (χ0v) is 14.0. The Balaban J connectivity index is 1.62. The molecule has 1 saturated heterocycles. The average Bonchev–Trinajstić information content (AvgIpc) is 3.25. The maximum atomic E-state index is 5.93. The van der Waals surface area contributed by atoms with Crippen molar-refractivity contribution in [1.29, 1.82) is 0 Å². The van der Waals surface area contributed by atoms with Gasteiger partial charge in [-0.1, -0.05) is 0 Å². The fourth-order valence-corrected chi connectivity index (χ4v) is 3.01. The summed E-state index contributed by atoms with van der Waals surface area (Å²) < 4.78 is 14.9. The van der Waals surface area contributed by atoms with Crippen LogP contribution < -0.4 is 5.32 Å². The Hall–Kier alpha value is -1.70. The Morgan fingerprint density at radius 1 is 1.39 bits per heavy atom. The Labute approximate surface area is 136 Å². The number of aromatic nitrogens is 4. The standard InChI is InChI=1S/C16H25N5O2/c1-12-8-18-20(2)15(12)10-17-14-4-6-23-16(14)13-9-19-21(11-13)5-7-22-3/h8-9,11,14,16-17H,4-7,10H2,1-3H3/t14-,16+/m0/s1. The monoisotopic (exact) mass is 319 g/mol. The normalized spacial score (nSPS) is 21.2. The third-order valence-corrected chi connectivity index (χ3v) is 4.40. The van der Waals surface area contributed by atoms with Crippen molar-refractivity contribution in [2.45, 2.75) is 38.6 Å². The largest absolute Gasteiger partial charge is 0.383 e. The lowest BCUT2D eigenvalue weighted by atomic mass is 10.1.